The summed E-state index contributed by atoms with van der Waals surface area (Å²) in [5.74, 6) is 0.216. The number of ether oxygens (including phenoxy) is 2. The van der Waals surface area contributed by atoms with Gasteiger partial charge in [0.25, 0.3) is 0 Å². The van der Waals surface area contributed by atoms with Crippen LogP contribution in [0.4, 0.5) is 4.39 Å². The van der Waals surface area contributed by atoms with Gasteiger partial charge in [-0.25, -0.2) is 4.39 Å². The highest BCUT2D eigenvalue weighted by Crippen LogP contribution is 2.29. The number of benzene rings is 1. The van der Waals surface area contributed by atoms with Gasteiger partial charge >= 0.3 is 0 Å². The smallest absolute Gasteiger partial charge is 0.227 e. The molecule has 0 aromatic heterocycles. The van der Waals surface area contributed by atoms with Crippen molar-refractivity contribution in [3.05, 3.63) is 30.1 Å². The van der Waals surface area contributed by atoms with Crippen LogP contribution in [0.15, 0.2) is 24.3 Å². The van der Waals surface area contributed by atoms with E-state index in [2.05, 4.69) is 5.32 Å². The summed E-state index contributed by atoms with van der Waals surface area (Å²) in [6.45, 7) is 3.66. The minimum atomic E-state index is -0.534. The maximum absolute atomic E-state index is 12.8. The summed E-state index contributed by atoms with van der Waals surface area (Å²) in [7, 11) is 0. The zero-order valence-corrected chi connectivity index (χ0v) is 14.0. The summed E-state index contributed by atoms with van der Waals surface area (Å²) in [5.41, 5.74) is 5.27. The molecule has 1 amide bonds. The molecule has 0 saturated carbocycles. The van der Waals surface area contributed by atoms with Crippen molar-refractivity contribution >= 4 is 18.3 Å². The van der Waals surface area contributed by atoms with Gasteiger partial charge in [-0.1, -0.05) is 0 Å². The lowest BCUT2D eigenvalue weighted by molar-refractivity contribution is -0.136. The van der Waals surface area contributed by atoms with Crippen LogP contribution in [0.3, 0.4) is 0 Å². The number of amides is 1. The van der Waals surface area contributed by atoms with Crippen LogP contribution in [0.1, 0.15) is 19.8 Å². The maximum Gasteiger partial charge on any atom is 0.227 e. The van der Waals surface area contributed by atoms with E-state index in [0.29, 0.717) is 44.9 Å². The van der Waals surface area contributed by atoms with E-state index in [1.165, 1.54) is 12.1 Å². The molecule has 130 valence electrons. The number of nitrogens with two attached hydrogens (primary N) is 1. The minimum absolute atomic E-state index is 0. The van der Waals surface area contributed by atoms with E-state index < -0.39 is 5.41 Å². The van der Waals surface area contributed by atoms with Gasteiger partial charge in [-0.2, -0.15) is 0 Å². The van der Waals surface area contributed by atoms with E-state index in [-0.39, 0.29) is 30.2 Å². The molecule has 0 spiro atoms. The van der Waals surface area contributed by atoms with E-state index in [0.717, 1.165) is 0 Å². The van der Waals surface area contributed by atoms with E-state index in [1.54, 1.807) is 12.1 Å². The highest BCUT2D eigenvalue weighted by atomic mass is 35.5. The molecule has 0 aliphatic carbocycles. The molecule has 1 aromatic rings. The van der Waals surface area contributed by atoms with Crippen LogP contribution in [0.5, 0.6) is 5.75 Å². The normalized spacial score (nSPS) is 17.7. The van der Waals surface area contributed by atoms with Gasteiger partial charge in [0.2, 0.25) is 5.91 Å². The molecule has 1 aliphatic heterocycles. The second-order valence-corrected chi connectivity index (χ2v) is 5.69. The molecular weight excluding hydrogens is 323 g/mol. The number of carbonyl (C=O) groups is 1. The van der Waals surface area contributed by atoms with Gasteiger partial charge in [-0.15, -0.1) is 12.4 Å². The maximum atomic E-state index is 12.8. The lowest BCUT2D eigenvalue weighted by Crippen LogP contribution is -2.50. The van der Waals surface area contributed by atoms with Crippen molar-refractivity contribution in [3.63, 3.8) is 0 Å². The summed E-state index contributed by atoms with van der Waals surface area (Å²) in [6.07, 6.45) is 1.06. The summed E-state index contributed by atoms with van der Waals surface area (Å²) >= 11 is 0. The largest absolute Gasteiger partial charge is 0.489 e. The second-order valence-electron chi connectivity index (χ2n) is 5.69. The van der Waals surface area contributed by atoms with Crippen LogP contribution >= 0.6 is 12.4 Å². The Morgan fingerprint density at radius 2 is 2.00 bits per heavy atom. The lowest BCUT2D eigenvalue weighted by Gasteiger charge is -2.34. The molecule has 0 radical (unpaired) electrons. The van der Waals surface area contributed by atoms with Gasteiger partial charge in [0.05, 0.1) is 12.0 Å². The first-order chi connectivity index (χ1) is 10.6. The standard InChI is InChI=1S/C16H23FN2O3.ClH/c1-12(22-14-4-2-13(17)3-5-14)10-19-15(20)16(11-18)6-8-21-9-7-16;/h2-5,12H,6-11,18H2,1H3,(H,19,20);1H. The van der Waals surface area contributed by atoms with Gasteiger partial charge in [-0.05, 0) is 44.0 Å². The number of hydrogen-bond acceptors (Lipinski definition) is 4. The SMILES string of the molecule is CC(CNC(=O)C1(CN)CCOCC1)Oc1ccc(F)cc1.Cl. The predicted molar refractivity (Wildman–Crippen MR) is 88.3 cm³/mol. The Balaban J connectivity index is 0.00000264. The van der Waals surface area contributed by atoms with Gasteiger partial charge < -0.3 is 20.5 Å². The van der Waals surface area contributed by atoms with Crippen LogP contribution in [-0.4, -0.2) is 38.3 Å². The highest BCUT2D eigenvalue weighted by molar-refractivity contribution is 5.85. The van der Waals surface area contributed by atoms with Crippen molar-refractivity contribution in [2.45, 2.75) is 25.9 Å². The summed E-state index contributed by atoms with van der Waals surface area (Å²) < 4.78 is 23.8. The van der Waals surface area contributed by atoms with E-state index >= 15 is 0 Å². The third-order valence-electron chi connectivity index (χ3n) is 4.02. The van der Waals surface area contributed by atoms with Crippen LogP contribution in [0, 0.1) is 11.2 Å². The van der Waals surface area contributed by atoms with Gasteiger partial charge in [0.1, 0.15) is 17.7 Å². The predicted octanol–water partition coefficient (Wildman–Crippen LogP) is 1.89. The average Bonchev–Trinajstić information content (AvgIpc) is 2.55. The number of carbonyl (C=O) groups excluding carboxylic acids is 1. The van der Waals surface area contributed by atoms with Crippen molar-refractivity contribution in [1.82, 2.24) is 5.32 Å². The molecule has 0 bridgehead atoms. The zero-order valence-electron chi connectivity index (χ0n) is 13.2. The first-order valence-corrected chi connectivity index (χ1v) is 7.54. The Labute approximate surface area is 142 Å². The lowest BCUT2D eigenvalue weighted by atomic mass is 9.79. The van der Waals surface area contributed by atoms with Crippen molar-refractivity contribution in [1.29, 1.82) is 0 Å². The molecule has 1 aliphatic rings. The third kappa shape index (κ3) is 5.34. The van der Waals surface area contributed by atoms with Crippen LogP contribution < -0.4 is 15.8 Å². The van der Waals surface area contributed by atoms with E-state index in [9.17, 15) is 9.18 Å². The molecule has 1 saturated heterocycles. The molecule has 1 fully saturated rings. The van der Waals surface area contributed by atoms with E-state index in [1.807, 2.05) is 6.92 Å². The Morgan fingerprint density at radius 1 is 1.39 bits per heavy atom. The van der Waals surface area contributed by atoms with Crippen molar-refractivity contribution in [2.24, 2.45) is 11.1 Å². The Kier molecular flexibility index (Phi) is 7.75. The quantitative estimate of drug-likeness (QED) is 0.825. The highest BCUT2D eigenvalue weighted by Gasteiger charge is 2.38. The van der Waals surface area contributed by atoms with Crippen LogP contribution in [0.25, 0.3) is 0 Å². The monoisotopic (exact) mass is 346 g/mol. The second kappa shape index (κ2) is 9.05. The summed E-state index contributed by atoms with van der Waals surface area (Å²) in [6, 6.07) is 5.80. The minimum Gasteiger partial charge on any atom is -0.489 e. The average molecular weight is 347 g/mol. The molecule has 2 rings (SSSR count). The fourth-order valence-corrected chi connectivity index (χ4v) is 2.50. The fraction of sp³-hybridized carbons (Fsp3) is 0.562. The molecule has 1 atom stereocenters. The Bertz CT molecular complexity index is 493. The molecule has 1 aromatic carbocycles. The number of halogens is 2. The topological polar surface area (TPSA) is 73.6 Å². The van der Waals surface area contributed by atoms with Gasteiger partial charge in [0, 0.05) is 19.8 Å². The molecule has 3 N–H and O–H groups in total. The van der Waals surface area contributed by atoms with Gasteiger partial charge in [0.15, 0.2) is 0 Å². The Hall–Kier alpha value is -1.37. The molecule has 23 heavy (non-hydrogen) atoms. The number of rotatable bonds is 6. The third-order valence-corrected chi connectivity index (χ3v) is 4.02. The van der Waals surface area contributed by atoms with Crippen molar-refractivity contribution in [2.75, 3.05) is 26.3 Å². The molecule has 1 unspecified atom stereocenters. The van der Waals surface area contributed by atoms with Crippen LogP contribution in [-0.2, 0) is 9.53 Å². The number of nitrogens with one attached hydrogen (secondary N) is 1. The fourth-order valence-electron chi connectivity index (χ4n) is 2.50. The number of hydrogen-bond donors (Lipinski definition) is 2. The summed E-state index contributed by atoms with van der Waals surface area (Å²) in [4.78, 5) is 12.4. The zero-order chi connectivity index (χ0) is 16.0. The molecule has 5 nitrogen and oxygen atoms in total. The molecule has 1 heterocycles. The van der Waals surface area contributed by atoms with Crippen LogP contribution in [0.2, 0.25) is 0 Å². The molecule has 7 heteroatoms. The van der Waals surface area contributed by atoms with Crippen molar-refractivity contribution < 1.29 is 18.7 Å². The summed E-state index contributed by atoms with van der Waals surface area (Å²) in [5, 5.41) is 2.90. The first-order valence-electron chi connectivity index (χ1n) is 7.54. The molecular formula is C16H24ClFN2O3. The first kappa shape index (κ1) is 19.7. The van der Waals surface area contributed by atoms with E-state index in [4.69, 9.17) is 15.2 Å². The van der Waals surface area contributed by atoms with Crippen molar-refractivity contribution in [3.8, 4) is 5.75 Å². The van der Waals surface area contributed by atoms with Gasteiger partial charge in [-0.3, -0.25) is 4.79 Å². The Morgan fingerprint density at radius 3 is 2.57 bits per heavy atom.